The van der Waals surface area contributed by atoms with Crippen molar-refractivity contribution in [2.45, 2.75) is 12.1 Å². The van der Waals surface area contributed by atoms with E-state index in [1.54, 1.807) is 0 Å². The molecule has 2 rings (SSSR count). The molecule has 0 spiro atoms. The molecule has 1 aliphatic rings. The minimum atomic E-state index is -0.255. The van der Waals surface area contributed by atoms with E-state index in [2.05, 4.69) is 6.07 Å². The van der Waals surface area contributed by atoms with Gasteiger partial charge in [0.05, 0.1) is 12.2 Å². The molecule has 1 aromatic rings. The molecule has 1 N–H and O–H groups in total. The van der Waals surface area contributed by atoms with E-state index in [0.717, 1.165) is 5.56 Å². The first kappa shape index (κ1) is 9.20. The zero-order valence-electron chi connectivity index (χ0n) is 7.80. The molecular weight excluding hydrogens is 176 g/mol. The molecule has 14 heavy (non-hydrogen) atoms. The summed E-state index contributed by atoms with van der Waals surface area (Å²) in [4.78, 5) is 1.97. The molecule has 1 aliphatic heterocycles. The molecule has 0 bridgehead atoms. The van der Waals surface area contributed by atoms with E-state index in [1.165, 1.54) is 0 Å². The van der Waals surface area contributed by atoms with Gasteiger partial charge in [0, 0.05) is 13.1 Å². The zero-order valence-corrected chi connectivity index (χ0v) is 7.80. The average Bonchev–Trinajstić information content (AvgIpc) is 2.18. The first-order chi connectivity index (χ1) is 6.81. The van der Waals surface area contributed by atoms with Crippen LogP contribution in [0.15, 0.2) is 30.3 Å². The number of aliphatic hydroxyl groups excluding tert-OH is 1. The number of benzene rings is 1. The van der Waals surface area contributed by atoms with E-state index in [0.29, 0.717) is 13.1 Å². The van der Waals surface area contributed by atoms with E-state index in [9.17, 15) is 0 Å². The van der Waals surface area contributed by atoms with Crippen molar-refractivity contribution in [2.24, 2.45) is 0 Å². The van der Waals surface area contributed by atoms with Gasteiger partial charge in [0.25, 0.3) is 0 Å². The normalized spacial score (nSPS) is 19.7. The largest absolute Gasteiger partial charge is 0.390 e. The van der Waals surface area contributed by atoms with Crippen molar-refractivity contribution in [3.63, 3.8) is 0 Å². The topological polar surface area (TPSA) is 47.3 Å². The summed E-state index contributed by atoms with van der Waals surface area (Å²) >= 11 is 0. The van der Waals surface area contributed by atoms with Gasteiger partial charge < -0.3 is 5.11 Å². The Kier molecular flexibility index (Phi) is 2.49. The van der Waals surface area contributed by atoms with Crippen LogP contribution in [0.5, 0.6) is 0 Å². The minimum absolute atomic E-state index is 0.209. The highest BCUT2D eigenvalue weighted by Crippen LogP contribution is 2.24. The van der Waals surface area contributed by atoms with Gasteiger partial charge in [0.15, 0.2) is 0 Å². The number of hydrogen-bond donors (Lipinski definition) is 1. The Morgan fingerprint density at radius 2 is 2.00 bits per heavy atom. The van der Waals surface area contributed by atoms with Crippen molar-refractivity contribution in [1.29, 1.82) is 5.26 Å². The Hall–Kier alpha value is -1.37. The van der Waals surface area contributed by atoms with Crippen LogP contribution in [-0.4, -0.2) is 29.2 Å². The van der Waals surface area contributed by atoms with Crippen molar-refractivity contribution in [1.82, 2.24) is 4.90 Å². The minimum Gasteiger partial charge on any atom is -0.390 e. The summed E-state index contributed by atoms with van der Waals surface area (Å²) in [5, 5.41) is 18.2. The van der Waals surface area contributed by atoms with Crippen LogP contribution in [0.3, 0.4) is 0 Å². The molecule has 1 aromatic carbocycles. The lowest BCUT2D eigenvalue weighted by Gasteiger charge is -2.38. The first-order valence-corrected chi connectivity index (χ1v) is 4.68. The monoisotopic (exact) mass is 188 g/mol. The second-order valence-electron chi connectivity index (χ2n) is 3.55. The van der Waals surface area contributed by atoms with E-state index in [1.807, 2.05) is 35.2 Å². The van der Waals surface area contributed by atoms with Gasteiger partial charge in [0.1, 0.15) is 6.04 Å². The molecule has 0 radical (unpaired) electrons. The van der Waals surface area contributed by atoms with Gasteiger partial charge in [-0.3, -0.25) is 4.90 Å². The van der Waals surface area contributed by atoms with Gasteiger partial charge in [-0.1, -0.05) is 30.3 Å². The first-order valence-electron chi connectivity index (χ1n) is 4.68. The van der Waals surface area contributed by atoms with Crippen LogP contribution in [0.1, 0.15) is 11.6 Å². The SMILES string of the molecule is N#C[C@H](c1ccccc1)N1CC(O)C1. The fourth-order valence-corrected chi connectivity index (χ4v) is 1.70. The Morgan fingerprint density at radius 3 is 2.50 bits per heavy atom. The number of nitrogens with zero attached hydrogens (tertiary/aromatic N) is 2. The van der Waals surface area contributed by atoms with Crippen molar-refractivity contribution in [3.05, 3.63) is 35.9 Å². The van der Waals surface area contributed by atoms with Crippen LogP contribution in [0, 0.1) is 11.3 Å². The highest BCUT2D eigenvalue weighted by atomic mass is 16.3. The van der Waals surface area contributed by atoms with E-state index < -0.39 is 0 Å². The highest BCUT2D eigenvalue weighted by Gasteiger charge is 2.31. The molecule has 72 valence electrons. The van der Waals surface area contributed by atoms with Crippen LogP contribution in [0.2, 0.25) is 0 Å². The maximum Gasteiger partial charge on any atom is 0.124 e. The third kappa shape index (κ3) is 1.63. The standard InChI is InChI=1S/C11H12N2O/c12-6-11(13-7-10(14)8-13)9-4-2-1-3-5-9/h1-5,10-11,14H,7-8H2/t11-/m1/s1. The Balaban J connectivity index is 2.12. The molecule has 0 amide bonds. The second kappa shape index (κ2) is 3.79. The molecular formula is C11H12N2O. The molecule has 0 saturated carbocycles. The third-order valence-corrected chi connectivity index (χ3v) is 2.49. The lowest BCUT2D eigenvalue weighted by atomic mass is 10.0. The zero-order chi connectivity index (χ0) is 9.97. The van der Waals surface area contributed by atoms with Crippen LogP contribution in [-0.2, 0) is 0 Å². The van der Waals surface area contributed by atoms with E-state index >= 15 is 0 Å². The third-order valence-electron chi connectivity index (χ3n) is 2.49. The maximum absolute atomic E-state index is 9.16. The molecule has 0 aliphatic carbocycles. The fraction of sp³-hybridized carbons (Fsp3) is 0.364. The van der Waals surface area contributed by atoms with Crippen LogP contribution in [0.25, 0.3) is 0 Å². The maximum atomic E-state index is 9.16. The van der Waals surface area contributed by atoms with Crippen LogP contribution < -0.4 is 0 Å². The highest BCUT2D eigenvalue weighted by molar-refractivity contribution is 5.24. The van der Waals surface area contributed by atoms with Gasteiger partial charge in [0.2, 0.25) is 0 Å². The van der Waals surface area contributed by atoms with Gasteiger partial charge in [-0.25, -0.2) is 0 Å². The van der Waals surface area contributed by atoms with E-state index in [-0.39, 0.29) is 12.1 Å². The number of aliphatic hydroxyl groups is 1. The smallest absolute Gasteiger partial charge is 0.124 e. The summed E-state index contributed by atoms with van der Waals surface area (Å²) in [6.07, 6.45) is -0.255. The average molecular weight is 188 g/mol. The molecule has 0 unspecified atom stereocenters. The van der Waals surface area contributed by atoms with Gasteiger partial charge >= 0.3 is 0 Å². The Morgan fingerprint density at radius 1 is 1.36 bits per heavy atom. The molecule has 0 aromatic heterocycles. The quantitative estimate of drug-likeness (QED) is 0.751. The summed E-state index contributed by atoms with van der Waals surface area (Å²) in [6.45, 7) is 1.21. The summed E-state index contributed by atoms with van der Waals surface area (Å²) in [6, 6.07) is 11.7. The molecule has 3 nitrogen and oxygen atoms in total. The summed E-state index contributed by atoms with van der Waals surface area (Å²) < 4.78 is 0. The Bertz CT molecular complexity index is 338. The molecule has 1 saturated heterocycles. The summed E-state index contributed by atoms with van der Waals surface area (Å²) in [7, 11) is 0. The van der Waals surface area contributed by atoms with Crippen molar-refractivity contribution >= 4 is 0 Å². The van der Waals surface area contributed by atoms with Gasteiger partial charge in [-0.15, -0.1) is 0 Å². The predicted octanol–water partition coefficient (Wildman–Crippen LogP) is 0.928. The van der Waals surface area contributed by atoms with Crippen LogP contribution in [0.4, 0.5) is 0 Å². The molecule has 1 fully saturated rings. The number of β-amino-alcohol motifs (C(OH)–C–C–N with tert-alkyl or cyclic N) is 1. The van der Waals surface area contributed by atoms with E-state index in [4.69, 9.17) is 10.4 Å². The summed E-state index contributed by atoms with van der Waals surface area (Å²) in [5.41, 5.74) is 1.00. The number of rotatable bonds is 2. The fourth-order valence-electron chi connectivity index (χ4n) is 1.70. The lowest BCUT2D eigenvalue weighted by molar-refractivity contribution is -0.0127. The number of likely N-dealkylation sites (tertiary alicyclic amines) is 1. The Labute approximate surface area is 83.2 Å². The lowest BCUT2D eigenvalue weighted by Crippen LogP contribution is -2.51. The van der Waals surface area contributed by atoms with Crippen LogP contribution >= 0.6 is 0 Å². The molecule has 3 heteroatoms. The van der Waals surface area contributed by atoms with Crippen molar-refractivity contribution < 1.29 is 5.11 Å². The van der Waals surface area contributed by atoms with Gasteiger partial charge in [-0.2, -0.15) is 5.26 Å². The van der Waals surface area contributed by atoms with Gasteiger partial charge in [-0.05, 0) is 5.56 Å². The second-order valence-corrected chi connectivity index (χ2v) is 3.55. The summed E-state index contributed by atoms with van der Waals surface area (Å²) in [5.74, 6) is 0. The molecule has 1 atom stereocenters. The number of nitriles is 1. The van der Waals surface area contributed by atoms with Crippen molar-refractivity contribution in [2.75, 3.05) is 13.1 Å². The number of hydrogen-bond acceptors (Lipinski definition) is 3. The molecule has 1 heterocycles. The van der Waals surface area contributed by atoms with Crippen molar-refractivity contribution in [3.8, 4) is 6.07 Å². The predicted molar refractivity (Wildman–Crippen MR) is 52.4 cm³/mol.